The second-order valence-corrected chi connectivity index (χ2v) is 5.26. The van der Waals surface area contributed by atoms with Crippen LogP contribution in [0.4, 0.5) is 5.13 Å². The highest BCUT2D eigenvalue weighted by Crippen LogP contribution is 2.26. The van der Waals surface area contributed by atoms with Gasteiger partial charge >= 0.3 is 0 Å². The third-order valence-electron chi connectivity index (χ3n) is 2.91. The number of nitrogens with zero attached hydrogens (tertiary/aromatic N) is 3. The molecule has 0 aromatic carbocycles. The first-order chi connectivity index (χ1) is 7.20. The molecule has 1 unspecified atom stereocenters. The highest BCUT2D eigenvalue weighted by molar-refractivity contribution is 7.15. The third kappa shape index (κ3) is 2.30. The van der Waals surface area contributed by atoms with Crippen LogP contribution in [0.1, 0.15) is 11.3 Å². The summed E-state index contributed by atoms with van der Waals surface area (Å²) in [6.07, 6.45) is 3.12. The van der Waals surface area contributed by atoms with Gasteiger partial charge in [-0.05, 0) is 20.5 Å². The van der Waals surface area contributed by atoms with Crippen LogP contribution in [0.3, 0.4) is 0 Å². The average molecular weight is 226 g/mol. The van der Waals surface area contributed by atoms with Gasteiger partial charge < -0.3 is 15.5 Å². The number of nitrogens with two attached hydrogens (primary N) is 1. The molecule has 1 aromatic rings. The topological polar surface area (TPSA) is 45.4 Å². The molecule has 0 aliphatic carbocycles. The van der Waals surface area contributed by atoms with Crippen molar-refractivity contribution in [3.8, 4) is 0 Å². The molecule has 0 bridgehead atoms. The molecular weight excluding hydrogens is 208 g/mol. The zero-order valence-corrected chi connectivity index (χ0v) is 10.1. The van der Waals surface area contributed by atoms with Gasteiger partial charge in [-0.1, -0.05) is 0 Å². The number of aromatic nitrogens is 1. The summed E-state index contributed by atoms with van der Waals surface area (Å²) < 4.78 is 0. The maximum Gasteiger partial charge on any atom is 0.185 e. The fraction of sp³-hybridized carbons (Fsp3) is 0.700. The fourth-order valence-electron chi connectivity index (χ4n) is 1.87. The van der Waals surface area contributed by atoms with E-state index in [2.05, 4.69) is 28.9 Å². The Bertz CT molecular complexity index is 323. The second kappa shape index (κ2) is 4.47. The Labute approximate surface area is 94.7 Å². The van der Waals surface area contributed by atoms with Gasteiger partial charge in [0.05, 0.1) is 0 Å². The van der Waals surface area contributed by atoms with Crippen LogP contribution in [0.5, 0.6) is 0 Å². The molecule has 1 aliphatic heterocycles. The van der Waals surface area contributed by atoms with Crippen molar-refractivity contribution in [2.45, 2.75) is 19.0 Å². The van der Waals surface area contributed by atoms with Gasteiger partial charge in [0.15, 0.2) is 5.13 Å². The predicted molar refractivity (Wildman–Crippen MR) is 64.3 cm³/mol. The van der Waals surface area contributed by atoms with Crippen LogP contribution in [0.25, 0.3) is 0 Å². The van der Waals surface area contributed by atoms with Crippen LogP contribution in [0.15, 0.2) is 6.20 Å². The predicted octanol–water partition coefficient (Wildman–Crippen LogP) is 0.742. The molecule has 1 atom stereocenters. The molecule has 2 rings (SSSR count). The maximum absolute atomic E-state index is 5.58. The molecule has 2 heterocycles. The van der Waals surface area contributed by atoms with Crippen LogP contribution in [0.2, 0.25) is 0 Å². The lowest BCUT2D eigenvalue weighted by molar-refractivity contribution is 0.315. The summed E-state index contributed by atoms with van der Waals surface area (Å²) in [5, 5.41) is 1.12. The number of hydrogen-bond donors (Lipinski definition) is 1. The molecule has 0 radical (unpaired) electrons. The van der Waals surface area contributed by atoms with E-state index >= 15 is 0 Å². The van der Waals surface area contributed by atoms with Crippen molar-refractivity contribution < 1.29 is 0 Å². The Morgan fingerprint density at radius 1 is 1.67 bits per heavy atom. The highest BCUT2D eigenvalue weighted by atomic mass is 32.1. The first kappa shape index (κ1) is 10.9. The van der Waals surface area contributed by atoms with Crippen LogP contribution in [-0.2, 0) is 6.54 Å². The Balaban J connectivity index is 2.01. The van der Waals surface area contributed by atoms with Crippen molar-refractivity contribution >= 4 is 16.5 Å². The minimum absolute atomic E-state index is 0.600. The Kier molecular flexibility index (Phi) is 3.23. The van der Waals surface area contributed by atoms with Crippen molar-refractivity contribution in [2.75, 3.05) is 32.1 Å². The molecule has 1 aromatic heterocycles. The normalized spacial score (nSPS) is 21.6. The standard InChI is InChI=1S/C10H18N4S/c1-13(2)8-3-4-14(7-8)10-12-6-9(5-11)15-10/h6,8H,3-5,7,11H2,1-2H3. The zero-order valence-electron chi connectivity index (χ0n) is 9.31. The monoisotopic (exact) mass is 226 g/mol. The lowest BCUT2D eigenvalue weighted by Gasteiger charge is -2.19. The molecule has 2 N–H and O–H groups in total. The van der Waals surface area contributed by atoms with E-state index in [1.165, 1.54) is 11.3 Å². The lowest BCUT2D eigenvalue weighted by Crippen LogP contribution is -2.31. The first-order valence-electron chi connectivity index (χ1n) is 5.27. The fourth-order valence-corrected chi connectivity index (χ4v) is 2.70. The van der Waals surface area contributed by atoms with Gasteiger partial charge in [0.1, 0.15) is 0 Å². The van der Waals surface area contributed by atoms with Gasteiger partial charge in [-0.25, -0.2) is 4.98 Å². The Hall–Kier alpha value is -0.650. The smallest absolute Gasteiger partial charge is 0.185 e. The van der Waals surface area contributed by atoms with E-state index in [1.54, 1.807) is 11.3 Å². The summed E-state index contributed by atoms with van der Waals surface area (Å²) in [7, 11) is 4.28. The summed E-state index contributed by atoms with van der Waals surface area (Å²) in [6.45, 7) is 2.80. The molecule has 1 saturated heterocycles. The number of rotatable bonds is 3. The lowest BCUT2D eigenvalue weighted by atomic mass is 10.2. The average Bonchev–Trinajstić information content (AvgIpc) is 2.86. The number of hydrogen-bond acceptors (Lipinski definition) is 5. The van der Waals surface area contributed by atoms with E-state index in [0.717, 1.165) is 18.2 Å². The molecule has 15 heavy (non-hydrogen) atoms. The molecule has 84 valence electrons. The Morgan fingerprint density at radius 3 is 3.00 bits per heavy atom. The number of anilines is 1. The molecule has 4 nitrogen and oxygen atoms in total. The van der Waals surface area contributed by atoms with Gasteiger partial charge in [-0.2, -0.15) is 0 Å². The van der Waals surface area contributed by atoms with Crippen molar-refractivity contribution in [3.63, 3.8) is 0 Å². The quantitative estimate of drug-likeness (QED) is 0.826. The number of thiazole rings is 1. The van der Waals surface area contributed by atoms with E-state index < -0.39 is 0 Å². The van der Waals surface area contributed by atoms with E-state index in [-0.39, 0.29) is 0 Å². The largest absolute Gasteiger partial charge is 0.346 e. The third-order valence-corrected chi connectivity index (χ3v) is 3.99. The van der Waals surface area contributed by atoms with E-state index in [9.17, 15) is 0 Å². The number of likely N-dealkylation sites (N-methyl/N-ethyl adjacent to an activating group) is 1. The van der Waals surface area contributed by atoms with E-state index in [4.69, 9.17) is 5.73 Å². The minimum atomic E-state index is 0.600. The maximum atomic E-state index is 5.58. The SMILES string of the molecule is CN(C)C1CCN(c2ncc(CN)s2)C1. The summed E-state index contributed by atoms with van der Waals surface area (Å²) >= 11 is 1.72. The molecule has 0 amide bonds. The summed E-state index contributed by atoms with van der Waals surface area (Å²) in [4.78, 5) is 10.2. The van der Waals surface area contributed by atoms with Gasteiger partial charge in [-0.15, -0.1) is 11.3 Å². The first-order valence-corrected chi connectivity index (χ1v) is 6.08. The van der Waals surface area contributed by atoms with Crippen molar-refractivity contribution in [3.05, 3.63) is 11.1 Å². The minimum Gasteiger partial charge on any atom is -0.346 e. The van der Waals surface area contributed by atoms with Gasteiger partial charge in [0, 0.05) is 36.8 Å². The van der Waals surface area contributed by atoms with Crippen LogP contribution < -0.4 is 10.6 Å². The molecule has 0 saturated carbocycles. The van der Waals surface area contributed by atoms with E-state index in [0.29, 0.717) is 12.6 Å². The molecule has 1 aliphatic rings. The van der Waals surface area contributed by atoms with Crippen molar-refractivity contribution in [1.29, 1.82) is 0 Å². The summed E-state index contributed by atoms with van der Waals surface area (Å²) in [5.41, 5.74) is 5.58. The van der Waals surface area contributed by atoms with Gasteiger partial charge in [-0.3, -0.25) is 0 Å². The molecule has 0 spiro atoms. The van der Waals surface area contributed by atoms with Gasteiger partial charge in [0.2, 0.25) is 0 Å². The van der Waals surface area contributed by atoms with Crippen molar-refractivity contribution in [2.24, 2.45) is 5.73 Å². The molecule has 5 heteroatoms. The zero-order chi connectivity index (χ0) is 10.8. The van der Waals surface area contributed by atoms with Crippen molar-refractivity contribution in [1.82, 2.24) is 9.88 Å². The van der Waals surface area contributed by atoms with Crippen LogP contribution in [0, 0.1) is 0 Å². The van der Waals surface area contributed by atoms with Crippen LogP contribution >= 0.6 is 11.3 Å². The Morgan fingerprint density at radius 2 is 2.47 bits per heavy atom. The molecular formula is C10H18N4S. The second-order valence-electron chi connectivity index (χ2n) is 4.17. The summed E-state index contributed by atoms with van der Waals surface area (Å²) in [6, 6.07) is 0.662. The molecule has 1 fully saturated rings. The highest BCUT2D eigenvalue weighted by Gasteiger charge is 2.25. The van der Waals surface area contributed by atoms with Crippen LogP contribution in [-0.4, -0.2) is 43.1 Å². The summed E-state index contributed by atoms with van der Waals surface area (Å²) in [5.74, 6) is 0. The van der Waals surface area contributed by atoms with E-state index in [1.807, 2.05) is 6.20 Å². The van der Waals surface area contributed by atoms with Gasteiger partial charge in [0.25, 0.3) is 0 Å².